The first kappa shape index (κ1) is 17.2. The van der Waals surface area contributed by atoms with Crippen LogP contribution in [-0.2, 0) is 25.5 Å². The number of nitrogens with one attached hydrogen (secondary N) is 1. The predicted molar refractivity (Wildman–Crippen MR) is 86.1 cm³/mol. The maximum atomic E-state index is 11.9. The summed E-state index contributed by atoms with van der Waals surface area (Å²) in [5, 5.41) is 2.76. The molecule has 0 aliphatic carbocycles. The van der Waals surface area contributed by atoms with Gasteiger partial charge in [-0.2, -0.15) is 0 Å². The number of hydrogen-bond donors (Lipinski definition) is 1. The zero-order chi connectivity index (χ0) is 17.6. The topological polar surface area (TPSA) is 94.2 Å². The molecule has 1 saturated heterocycles. The van der Waals surface area contributed by atoms with E-state index in [9.17, 15) is 14.4 Å². The lowest BCUT2D eigenvalue weighted by molar-refractivity contribution is -0.139. The molecule has 134 valence electrons. The Morgan fingerprint density at radius 2 is 1.88 bits per heavy atom. The quantitative estimate of drug-likeness (QED) is 0.534. The number of amides is 3. The van der Waals surface area contributed by atoms with E-state index in [0.717, 1.165) is 5.56 Å². The van der Waals surface area contributed by atoms with Crippen molar-refractivity contribution in [3.63, 3.8) is 0 Å². The monoisotopic (exact) mass is 348 g/mol. The van der Waals surface area contributed by atoms with E-state index in [1.165, 1.54) is 4.90 Å². The predicted octanol–water partition coefficient (Wildman–Crippen LogP) is 0.240. The third-order valence-corrected chi connectivity index (χ3v) is 3.98. The summed E-state index contributed by atoms with van der Waals surface area (Å²) >= 11 is 0. The van der Waals surface area contributed by atoms with E-state index in [2.05, 4.69) is 5.32 Å². The molecular formula is C17H20N2O6. The fourth-order valence-corrected chi connectivity index (χ4v) is 2.69. The molecule has 2 aliphatic rings. The number of carbonyl (C=O) groups excluding carboxylic acids is 3. The van der Waals surface area contributed by atoms with Gasteiger partial charge in [0.15, 0.2) is 11.5 Å². The van der Waals surface area contributed by atoms with Crippen LogP contribution in [0.25, 0.3) is 0 Å². The molecule has 8 heteroatoms. The van der Waals surface area contributed by atoms with Gasteiger partial charge in [-0.1, -0.05) is 6.07 Å². The summed E-state index contributed by atoms with van der Waals surface area (Å²) in [7, 11) is 0. The van der Waals surface area contributed by atoms with Crippen molar-refractivity contribution < 1.29 is 28.6 Å². The van der Waals surface area contributed by atoms with Gasteiger partial charge in [0.2, 0.25) is 24.5 Å². The molecular weight excluding hydrogens is 328 g/mol. The fraction of sp³-hybridized carbons (Fsp3) is 0.471. The molecule has 3 rings (SSSR count). The van der Waals surface area contributed by atoms with Crippen molar-refractivity contribution in [2.75, 3.05) is 33.1 Å². The van der Waals surface area contributed by atoms with Crippen molar-refractivity contribution in [1.29, 1.82) is 0 Å². The van der Waals surface area contributed by atoms with Gasteiger partial charge in [-0.25, -0.2) is 0 Å². The van der Waals surface area contributed by atoms with Gasteiger partial charge in [-0.15, -0.1) is 0 Å². The van der Waals surface area contributed by atoms with Gasteiger partial charge in [0.05, 0.1) is 26.2 Å². The summed E-state index contributed by atoms with van der Waals surface area (Å²) < 4.78 is 15.9. The lowest BCUT2D eigenvalue weighted by Crippen LogP contribution is -2.33. The van der Waals surface area contributed by atoms with E-state index in [4.69, 9.17) is 14.2 Å². The highest BCUT2D eigenvalue weighted by Crippen LogP contribution is 2.32. The molecule has 2 aliphatic heterocycles. The number of rotatable bonds is 8. The number of likely N-dealkylation sites (tertiary alicyclic amines) is 1. The minimum atomic E-state index is -0.148. The largest absolute Gasteiger partial charge is 0.454 e. The van der Waals surface area contributed by atoms with Crippen LogP contribution in [0.5, 0.6) is 11.5 Å². The molecule has 1 fully saturated rings. The van der Waals surface area contributed by atoms with E-state index in [1.54, 1.807) is 12.1 Å². The summed E-state index contributed by atoms with van der Waals surface area (Å²) in [6.07, 6.45) is 0.816. The maximum Gasteiger partial charge on any atom is 0.231 e. The van der Waals surface area contributed by atoms with Gasteiger partial charge < -0.3 is 19.5 Å². The Balaban J connectivity index is 1.29. The molecule has 2 heterocycles. The van der Waals surface area contributed by atoms with Crippen LogP contribution in [0.15, 0.2) is 18.2 Å². The van der Waals surface area contributed by atoms with Crippen LogP contribution < -0.4 is 14.8 Å². The Kier molecular flexibility index (Phi) is 5.49. The van der Waals surface area contributed by atoms with Crippen molar-refractivity contribution in [2.24, 2.45) is 0 Å². The third-order valence-electron chi connectivity index (χ3n) is 3.98. The molecule has 1 aromatic rings. The average Bonchev–Trinajstić information content (AvgIpc) is 3.18. The van der Waals surface area contributed by atoms with Crippen molar-refractivity contribution in [3.8, 4) is 11.5 Å². The Bertz CT molecular complexity index is 659. The van der Waals surface area contributed by atoms with E-state index in [0.29, 0.717) is 24.7 Å². The van der Waals surface area contributed by atoms with Crippen LogP contribution >= 0.6 is 0 Å². The Labute approximate surface area is 145 Å². The Morgan fingerprint density at radius 1 is 1.12 bits per heavy atom. The standard InChI is InChI=1S/C17H20N2O6/c20-15(10-12-1-2-13-14(9-12)25-11-24-13)18-5-7-23-8-6-19-16(21)3-4-17(19)22/h1-2,9H,3-8,10-11H2,(H,18,20). The minimum absolute atomic E-state index is 0.118. The highest BCUT2D eigenvalue weighted by atomic mass is 16.7. The Hall–Kier alpha value is -2.61. The number of ether oxygens (including phenoxy) is 3. The van der Waals surface area contributed by atoms with Gasteiger partial charge in [0.25, 0.3) is 0 Å². The van der Waals surface area contributed by atoms with E-state index in [1.807, 2.05) is 6.07 Å². The van der Waals surface area contributed by atoms with Crippen molar-refractivity contribution in [3.05, 3.63) is 23.8 Å². The molecule has 25 heavy (non-hydrogen) atoms. The molecule has 0 spiro atoms. The van der Waals surface area contributed by atoms with Gasteiger partial charge in [-0.3, -0.25) is 19.3 Å². The molecule has 0 radical (unpaired) electrons. The summed E-state index contributed by atoms with van der Waals surface area (Å²) in [5.41, 5.74) is 0.841. The molecule has 0 unspecified atom stereocenters. The third kappa shape index (κ3) is 4.48. The highest BCUT2D eigenvalue weighted by molar-refractivity contribution is 6.01. The summed E-state index contributed by atoms with van der Waals surface area (Å²) in [5.74, 6) is 0.927. The van der Waals surface area contributed by atoms with Crippen molar-refractivity contribution in [1.82, 2.24) is 10.2 Å². The van der Waals surface area contributed by atoms with Crippen LogP contribution in [0.1, 0.15) is 18.4 Å². The van der Waals surface area contributed by atoms with Gasteiger partial charge in [-0.05, 0) is 17.7 Å². The van der Waals surface area contributed by atoms with Crippen LogP contribution in [-0.4, -0.2) is 55.7 Å². The molecule has 1 N–H and O–H groups in total. The maximum absolute atomic E-state index is 11.9. The van der Waals surface area contributed by atoms with Crippen LogP contribution in [0.4, 0.5) is 0 Å². The van der Waals surface area contributed by atoms with Crippen molar-refractivity contribution in [2.45, 2.75) is 19.3 Å². The fourth-order valence-electron chi connectivity index (χ4n) is 2.69. The zero-order valence-corrected chi connectivity index (χ0v) is 13.8. The van der Waals surface area contributed by atoms with Crippen LogP contribution in [0.2, 0.25) is 0 Å². The smallest absolute Gasteiger partial charge is 0.231 e. The molecule has 1 aromatic carbocycles. The number of benzene rings is 1. The number of fused-ring (bicyclic) bond motifs is 1. The second-order valence-electron chi connectivity index (χ2n) is 5.77. The lowest BCUT2D eigenvalue weighted by atomic mass is 10.1. The molecule has 0 saturated carbocycles. The molecule has 0 atom stereocenters. The number of nitrogens with zero attached hydrogens (tertiary/aromatic N) is 1. The lowest BCUT2D eigenvalue weighted by Gasteiger charge is -2.13. The normalized spacial score (nSPS) is 15.8. The average molecular weight is 348 g/mol. The van der Waals surface area contributed by atoms with E-state index >= 15 is 0 Å². The number of hydrogen-bond acceptors (Lipinski definition) is 6. The Morgan fingerprint density at radius 3 is 2.68 bits per heavy atom. The molecule has 0 bridgehead atoms. The molecule has 0 aromatic heterocycles. The number of carbonyl (C=O) groups is 3. The minimum Gasteiger partial charge on any atom is -0.454 e. The van der Waals surface area contributed by atoms with Gasteiger partial charge >= 0.3 is 0 Å². The van der Waals surface area contributed by atoms with Crippen LogP contribution in [0.3, 0.4) is 0 Å². The second-order valence-corrected chi connectivity index (χ2v) is 5.77. The molecule has 3 amide bonds. The summed E-state index contributed by atoms with van der Waals surface area (Å²) in [6.45, 7) is 1.43. The first-order chi connectivity index (χ1) is 12.1. The summed E-state index contributed by atoms with van der Waals surface area (Å²) in [6, 6.07) is 5.41. The first-order valence-corrected chi connectivity index (χ1v) is 8.19. The zero-order valence-electron chi connectivity index (χ0n) is 13.8. The van der Waals surface area contributed by atoms with E-state index in [-0.39, 0.29) is 56.9 Å². The van der Waals surface area contributed by atoms with E-state index < -0.39 is 0 Å². The summed E-state index contributed by atoms with van der Waals surface area (Å²) in [4.78, 5) is 36.0. The number of imide groups is 1. The first-order valence-electron chi connectivity index (χ1n) is 8.19. The van der Waals surface area contributed by atoms with Crippen LogP contribution in [0, 0.1) is 0 Å². The second kappa shape index (κ2) is 7.98. The van der Waals surface area contributed by atoms with Crippen molar-refractivity contribution >= 4 is 17.7 Å². The molecule has 8 nitrogen and oxygen atoms in total. The van der Waals surface area contributed by atoms with Gasteiger partial charge in [0.1, 0.15) is 0 Å². The SMILES string of the molecule is O=C(Cc1ccc2c(c1)OCO2)NCCOCCN1C(=O)CCC1=O. The highest BCUT2D eigenvalue weighted by Gasteiger charge is 2.28. The van der Waals surface area contributed by atoms with Gasteiger partial charge in [0, 0.05) is 19.4 Å².